The summed E-state index contributed by atoms with van der Waals surface area (Å²) >= 11 is 0. The first kappa shape index (κ1) is 18.4. The molecule has 0 spiro atoms. The molecule has 3 N–H and O–H groups in total. The largest absolute Gasteiger partial charge is 0.401 e. The molecule has 1 amide bonds. The van der Waals surface area contributed by atoms with Crippen molar-refractivity contribution in [3.05, 3.63) is 46.7 Å². The highest BCUT2D eigenvalue weighted by Gasteiger charge is 2.25. The van der Waals surface area contributed by atoms with Gasteiger partial charge in [-0.25, -0.2) is 0 Å². The Morgan fingerprint density at radius 1 is 1.35 bits per heavy atom. The molecular formula is C20H27N5O. The van der Waals surface area contributed by atoms with Crippen LogP contribution < -0.4 is 11.1 Å². The molecule has 2 heterocycles. The molecule has 138 valence electrons. The minimum absolute atomic E-state index is 0.00295. The maximum absolute atomic E-state index is 12.6. The summed E-state index contributed by atoms with van der Waals surface area (Å²) in [5, 5.41) is 12.2. The van der Waals surface area contributed by atoms with Gasteiger partial charge in [0.25, 0.3) is 0 Å². The number of piperidine rings is 1. The molecule has 0 aromatic heterocycles. The number of hydrogen-bond donors (Lipinski definition) is 2. The summed E-state index contributed by atoms with van der Waals surface area (Å²) in [7, 11) is 2.11. The molecule has 0 saturated carbocycles. The maximum atomic E-state index is 12.6. The summed E-state index contributed by atoms with van der Waals surface area (Å²) < 4.78 is 0. The van der Waals surface area contributed by atoms with E-state index in [1.54, 1.807) is 6.07 Å². The molecule has 1 fully saturated rings. The fourth-order valence-electron chi connectivity index (χ4n) is 3.66. The van der Waals surface area contributed by atoms with E-state index in [9.17, 15) is 4.79 Å². The third-order valence-corrected chi connectivity index (χ3v) is 5.25. The number of rotatable bonds is 4. The van der Waals surface area contributed by atoms with E-state index in [2.05, 4.69) is 28.2 Å². The Morgan fingerprint density at radius 3 is 2.81 bits per heavy atom. The SMILES string of the molecule is CN1CCC(NC(=O)C2=C(N)CN(Cc3cccc(C#N)c3)CC2)CC1. The van der Waals surface area contributed by atoms with E-state index >= 15 is 0 Å². The second kappa shape index (κ2) is 8.35. The lowest BCUT2D eigenvalue weighted by atomic mass is 10.0. The van der Waals surface area contributed by atoms with E-state index in [4.69, 9.17) is 11.0 Å². The van der Waals surface area contributed by atoms with Crippen molar-refractivity contribution in [2.24, 2.45) is 5.73 Å². The zero-order valence-electron chi connectivity index (χ0n) is 15.4. The number of carbonyl (C=O) groups excluding carboxylic acids is 1. The second-order valence-corrected chi connectivity index (χ2v) is 7.33. The van der Waals surface area contributed by atoms with Crippen molar-refractivity contribution in [2.75, 3.05) is 33.2 Å². The molecule has 0 atom stereocenters. The zero-order valence-corrected chi connectivity index (χ0v) is 15.4. The number of benzene rings is 1. The van der Waals surface area contributed by atoms with Gasteiger partial charge in [-0.05, 0) is 57.1 Å². The summed E-state index contributed by atoms with van der Waals surface area (Å²) in [6, 6.07) is 10.1. The van der Waals surface area contributed by atoms with Crippen LogP contribution in [0.3, 0.4) is 0 Å². The highest BCUT2D eigenvalue weighted by atomic mass is 16.1. The van der Waals surface area contributed by atoms with Gasteiger partial charge in [-0.2, -0.15) is 5.26 Å². The van der Waals surface area contributed by atoms with Crippen molar-refractivity contribution in [3.63, 3.8) is 0 Å². The summed E-state index contributed by atoms with van der Waals surface area (Å²) in [6.45, 7) is 4.17. The lowest BCUT2D eigenvalue weighted by Crippen LogP contribution is -2.45. The van der Waals surface area contributed by atoms with Gasteiger partial charge in [-0.15, -0.1) is 0 Å². The number of hydrogen-bond acceptors (Lipinski definition) is 5. The van der Waals surface area contributed by atoms with Gasteiger partial charge in [0, 0.05) is 36.9 Å². The van der Waals surface area contributed by atoms with Crippen molar-refractivity contribution >= 4 is 5.91 Å². The molecule has 2 aliphatic heterocycles. The number of nitrogens with one attached hydrogen (secondary N) is 1. The standard InChI is InChI=1S/C20H27N5O/c1-24-8-5-17(6-9-24)23-20(26)18-7-10-25(14-19(18)22)13-16-4-2-3-15(11-16)12-21/h2-4,11,17H,5-10,13-14,22H2,1H3,(H,23,26). The summed E-state index contributed by atoms with van der Waals surface area (Å²) in [6.07, 6.45) is 2.66. The normalized spacial score (nSPS) is 20.0. The van der Waals surface area contributed by atoms with E-state index in [-0.39, 0.29) is 11.9 Å². The first-order valence-electron chi connectivity index (χ1n) is 9.23. The molecule has 0 radical (unpaired) electrons. The Bertz CT molecular complexity index is 728. The molecule has 6 heteroatoms. The van der Waals surface area contributed by atoms with Gasteiger partial charge in [0.15, 0.2) is 0 Å². The number of nitriles is 1. The lowest BCUT2D eigenvalue weighted by molar-refractivity contribution is -0.118. The maximum Gasteiger partial charge on any atom is 0.249 e. The molecule has 1 aromatic carbocycles. The topological polar surface area (TPSA) is 85.4 Å². The van der Waals surface area contributed by atoms with Gasteiger partial charge in [-0.1, -0.05) is 12.1 Å². The Labute approximate surface area is 155 Å². The average Bonchev–Trinajstić information content (AvgIpc) is 2.64. The van der Waals surface area contributed by atoms with Crippen LogP contribution in [0.4, 0.5) is 0 Å². The molecule has 2 aliphatic rings. The molecule has 3 rings (SSSR count). The fraction of sp³-hybridized carbons (Fsp3) is 0.500. The zero-order chi connectivity index (χ0) is 18.5. The minimum atomic E-state index is 0.00295. The number of amides is 1. The first-order valence-corrected chi connectivity index (χ1v) is 9.23. The lowest BCUT2D eigenvalue weighted by Gasteiger charge is -2.32. The Hall–Kier alpha value is -2.36. The number of likely N-dealkylation sites (tertiary alicyclic amines) is 1. The summed E-state index contributed by atoms with van der Waals surface area (Å²) in [4.78, 5) is 17.1. The second-order valence-electron chi connectivity index (χ2n) is 7.33. The third-order valence-electron chi connectivity index (χ3n) is 5.25. The van der Waals surface area contributed by atoms with Crippen LogP contribution in [0.5, 0.6) is 0 Å². The van der Waals surface area contributed by atoms with Gasteiger partial charge in [0.2, 0.25) is 5.91 Å². The molecule has 1 saturated heterocycles. The van der Waals surface area contributed by atoms with Crippen LogP contribution in [0.2, 0.25) is 0 Å². The third kappa shape index (κ3) is 4.63. The van der Waals surface area contributed by atoms with Crippen LogP contribution in [-0.2, 0) is 11.3 Å². The van der Waals surface area contributed by atoms with Crippen LogP contribution >= 0.6 is 0 Å². The monoisotopic (exact) mass is 353 g/mol. The predicted octanol–water partition coefficient (Wildman–Crippen LogP) is 1.19. The number of nitrogens with zero attached hydrogens (tertiary/aromatic N) is 3. The van der Waals surface area contributed by atoms with Crippen molar-refractivity contribution in [1.29, 1.82) is 5.26 Å². The predicted molar refractivity (Wildman–Crippen MR) is 101 cm³/mol. The van der Waals surface area contributed by atoms with E-state index in [1.807, 2.05) is 18.2 Å². The molecule has 0 bridgehead atoms. The molecule has 0 aliphatic carbocycles. The van der Waals surface area contributed by atoms with Crippen LogP contribution in [-0.4, -0.2) is 55.0 Å². The summed E-state index contributed by atoms with van der Waals surface area (Å²) in [5.41, 5.74) is 9.39. The van der Waals surface area contributed by atoms with Crippen molar-refractivity contribution in [1.82, 2.24) is 15.1 Å². The Morgan fingerprint density at radius 2 is 2.12 bits per heavy atom. The molecule has 26 heavy (non-hydrogen) atoms. The Kier molecular flexibility index (Phi) is 5.92. The van der Waals surface area contributed by atoms with Gasteiger partial charge < -0.3 is 16.0 Å². The first-order chi connectivity index (χ1) is 12.5. The van der Waals surface area contributed by atoms with Crippen molar-refractivity contribution in [2.45, 2.75) is 31.8 Å². The Balaban J connectivity index is 1.56. The van der Waals surface area contributed by atoms with E-state index in [0.717, 1.165) is 50.2 Å². The highest BCUT2D eigenvalue weighted by Crippen LogP contribution is 2.19. The van der Waals surface area contributed by atoms with Crippen LogP contribution in [0.1, 0.15) is 30.4 Å². The van der Waals surface area contributed by atoms with Gasteiger partial charge in [0.05, 0.1) is 11.6 Å². The minimum Gasteiger partial charge on any atom is -0.401 e. The van der Waals surface area contributed by atoms with Crippen LogP contribution in [0.15, 0.2) is 35.5 Å². The van der Waals surface area contributed by atoms with Gasteiger partial charge in [0.1, 0.15) is 0 Å². The average molecular weight is 353 g/mol. The number of carbonyl (C=O) groups is 1. The molecule has 6 nitrogen and oxygen atoms in total. The van der Waals surface area contributed by atoms with Gasteiger partial charge >= 0.3 is 0 Å². The van der Waals surface area contributed by atoms with E-state index in [1.165, 1.54) is 0 Å². The molecule has 0 unspecified atom stereocenters. The van der Waals surface area contributed by atoms with Crippen molar-refractivity contribution < 1.29 is 4.79 Å². The van der Waals surface area contributed by atoms with E-state index < -0.39 is 0 Å². The summed E-state index contributed by atoms with van der Waals surface area (Å²) in [5.74, 6) is 0.00295. The number of nitrogens with two attached hydrogens (primary N) is 1. The highest BCUT2D eigenvalue weighted by molar-refractivity contribution is 5.94. The van der Waals surface area contributed by atoms with Crippen LogP contribution in [0, 0.1) is 11.3 Å². The fourth-order valence-corrected chi connectivity index (χ4v) is 3.66. The van der Waals surface area contributed by atoms with E-state index in [0.29, 0.717) is 24.2 Å². The quantitative estimate of drug-likeness (QED) is 0.849. The smallest absolute Gasteiger partial charge is 0.249 e. The van der Waals surface area contributed by atoms with Crippen LogP contribution in [0.25, 0.3) is 0 Å². The van der Waals surface area contributed by atoms with Gasteiger partial charge in [-0.3, -0.25) is 9.69 Å². The van der Waals surface area contributed by atoms with Crippen molar-refractivity contribution in [3.8, 4) is 6.07 Å². The molecule has 1 aromatic rings. The molecular weight excluding hydrogens is 326 g/mol.